The Hall–Kier alpha value is -2.04. The Kier molecular flexibility index (Phi) is 3.82. The Morgan fingerprint density at radius 2 is 2.05 bits per heavy atom. The Morgan fingerprint density at radius 1 is 1.29 bits per heavy atom. The summed E-state index contributed by atoms with van der Waals surface area (Å²) in [6.07, 6.45) is 3.27. The summed E-state index contributed by atoms with van der Waals surface area (Å²) >= 11 is 0. The van der Waals surface area contributed by atoms with E-state index in [1.54, 1.807) is 4.90 Å². The highest BCUT2D eigenvalue weighted by Crippen LogP contribution is 2.32. The van der Waals surface area contributed by atoms with Gasteiger partial charge >= 0.3 is 6.03 Å². The fourth-order valence-electron chi connectivity index (χ4n) is 3.21. The second-order valence-corrected chi connectivity index (χ2v) is 5.93. The molecule has 112 valence electrons. The van der Waals surface area contributed by atoms with E-state index >= 15 is 0 Å². The van der Waals surface area contributed by atoms with Gasteiger partial charge in [0.25, 0.3) is 0 Å². The lowest BCUT2D eigenvalue weighted by Crippen LogP contribution is -2.27. The number of hydrogen-bond donors (Lipinski definition) is 2. The predicted octanol–water partition coefficient (Wildman–Crippen LogP) is 2.59. The first-order chi connectivity index (χ1) is 10.1. The Balaban J connectivity index is 1.64. The van der Waals surface area contributed by atoms with Crippen molar-refractivity contribution >= 4 is 23.3 Å². The maximum absolute atomic E-state index is 12.2. The number of nitrogens with zero attached hydrogens (tertiary/aromatic N) is 1. The maximum atomic E-state index is 12.2. The predicted molar refractivity (Wildman–Crippen MR) is 82.3 cm³/mol. The van der Waals surface area contributed by atoms with Gasteiger partial charge in [-0.05, 0) is 43.0 Å². The zero-order valence-electron chi connectivity index (χ0n) is 12.3. The van der Waals surface area contributed by atoms with E-state index < -0.39 is 0 Å². The third-order valence-electron chi connectivity index (χ3n) is 4.50. The maximum Gasteiger partial charge on any atom is 0.321 e. The molecule has 5 heteroatoms. The fraction of sp³-hybridized carbons (Fsp3) is 0.500. The molecule has 0 spiro atoms. The zero-order chi connectivity index (χ0) is 14.8. The lowest BCUT2D eigenvalue weighted by Gasteiger charge is -2.17. The van der Waals surface area contributed by atoms with Crippen molar-refractivity contribution in [2.24, 2.45) is 11.8 Å². The van der Waals surface area contributed by atoms with Crippen LogP contribution in [0.25, 0.3) is 0 Å². The van der Waals surface area contributed by atoms with Crippen molar-refractivity contribution < 1.29 is 9.59 Å². The molecule has 5 nitrogen and oxygen atoms in total. The first-order valence-electron chi connectivity index (χ1n) is 7.61. The van der Waals surface area contributed by atoms with Gasteiger partial charge in [0.15, 0.2) is 0 Å². The zero-order valence-corrected chi connectivity index (χ0v) is 12.3. The number of nitrogens with one attached hydrogen (secondary N) is 2. The number of hydrogen-bond acceptors (Lipinski definition) is 2. The van der Waals surface area contributed by atoms with Crippen molar-refractivity contribution in [3.8, 4) is 0 Å². The molecule has 2 fully saturated rings. The van der Waals surface area contributed by atoms with Crippen molar-refractivity contribution in [3.63, 3.8) is 0 Å². The highest BCUT2D eigenvalue weighted by Gasteiger charge is 2.29. The van der Waals surface area contributed by atoms with Crippen molar-refractivity contribution in [1.82, 2.24) is 5.32 Å². The lowest BCUT2D eigenvalue weighted by molar-refractivity contribution is -0.120. The van der Waals surface area contributed by atoms with Gasteiger partial charge in [0, 0.05) is 30.4 Å². The standard InChI is InChI=1S/C16H21N3O2/c1-11-3-2-4-14(11)15(20)18-12-5-7-13(8-6-12)19-10-9-17-16(19)21/h5-8,11,14H,2-4,9-10H2,1H3,(H,17,21)(H,18,20). The molecule has 2 atom stereocenters. The van der Waals surface area contributed by atoms with Crippen LogP contribution in [-0.4, -0.2) is 25.0 Å². The van der Waals surface area contributed by atoms with Gasteiger partial charge in [-0.3, -0.25) is 9.69 Å². The molecule has 3 amide bonds. The van der Waals surface area contributed by atoms with Crippen LogP contribution in [0, 0.1) is 11.8 Å². The lowest BCUT2D eigenvalue weighted by atomic mass is 9.97. The van der Waals surface area contributed by atoms with E-state index in [9.17, 15) is 9.59 Å². The van der Waals surface area contributed by atoms with Gasteiger partial charge in [-0.15, -0.1) is 0 Å². The Morgan fingerprint density at radius 3 is 2.62 bits per heavy atom. The monoisotopic (exact) mass is 287 g/mol. The van der Waals surface area contributed by atoms with Crippen molar-refractivity contribution in [3.05, 3.63) is 24.3 Å². The molecule has 2 aliphatic rings. The minimum atomic E-state index is -0.0634. The molecular weight excluding hydrogens is 266 g/mol. The minimum Gasteiger partial charge on any atom is -0.336 e. The topological polar surface area (TPSA) is 61.4 Å². The smallest absolute Gasteiger partial charge is 0.321 e. The summed E-state index contributed by atoms with van der Waals surface area (Å²) in [7, 11) is 0. The number of rotatable bonds is 3. The van der Waals surface area contributed by atoms with E-state index in [4.69, 9.17) is 0 Å². The van der Waals surface area contributed by atoms with E-state index in [-0.39, 0.29) is 17.9 Å². The fourth-order valence-corrected chi connectivity index (χ4v) is 3.21. The first kappa shape index (κ1) is 13.9. The van der Waals surface area contributed by atoms with Crippen LogP contribution in [0.4, 0.5) is 16.2 Å². The highest BCUT2D eigenvalue weighted by atomic mass is 16.2. The summed E-state index contributed by atoms with van der Waals surface area (Å²) in [5.74, 6) is 0.721. The van der Waals surface area contributed by atoms with E-state index in [0.29, 0.717) is 19.0 Å². The van der Waals surface area contributed by atoms with Crippen LogP contribution in [0.2, 0.25) is 0 Å². The first-order valence-corrected chi connectivity index (χ1v) is 7.61. The molecule has 0 radical (unpaired) electrons. The van der Waals surface area contributed by atoms with Gasteiger partial charge in [-0.25, -0.2) is 4.79 Å². The van der Waals surface area contributed by atoms with Crippen LogP contribution in [0.5, 0.6) is 0 Å². The molecular formula is C16H21N3O2. The van der Waals surface area contributed by atoms with Crippen LogP contribution in [-0.2, 0) is 4.79 Å². The summed E-state index contributed by atoms with van der Waals surface area (Å²) in [5, 5.41) is 5.76. The van der Waals surface area contributed by atoms with Gasteiger partial charge in [-0.1, -0.05) is 13.3 Å². The van der Waals surface area contributed by atoms with Gasteiger partial charge in [0.2, 0.25) is 5.91 Å². The molecule has 21 heavy (non-hydrogen) atoms. The van der Waals surface area contributed by atoms with Crippen LogP contribution in [0.15, 0.2) is 24.3 Å². The summed E-state index contributed by atoms with van der Waals surface area (Å²) in [5.41, 5.74) is 1.65. The Bertz CT molecular complexity index is 541. The molecule has 0 bridgehead atoms. The van der Waals surface area contributed by atoms with Crippen LogP contribution < -0.4 is 15.5 Å². The average molecular weight is 287 g/mol. The third-order valence-corrected chi connectivity index (χ3v) is 4.50. The van der Waals surface area contributed by atoms with Gasteiger partial charge in [0.1, 0.15) is 0 Å². The summed E-state index contributed by atoms with van der Waals surface area (Å²) in [4.78, 5) is 25.5. The number of benzene rings is 1. The molecule has 1 saturated heterocycles. The van der Waals surface area contributed by atoms with Crippen LogP contribution in [0.1, 0.15) is 26.2 Å². The molecule has 1 saturated carbocycles. The SMILES string of the molecule is CC1CCCC1C(=O)Nc1ccc(N2CCNC2=O)cc1. The molecule has 2 N–H and O–H groups in total. The van der Waals surface area contributed by atoms with Gasteiger partial charge in [0.05, 0.1) is 0 Å². The van der Waals surface area contributed by atoms with E-state index in [1.165, 1.54) is 0 Å². The molecule has 2 unspecified atom stereocenters. The number of anilines is 2. The summed E-state index contributed by atoms with van der Waals surface area (Å²) in [6.45, 7) is 3.51. The minimum absolute atomic E-state index is 0.0634. The molecule has 1 aromatic carbocycles. The number of carbonyl (C=O) groups is 2. The van der Waals surface area contributed by atoms with Crippen molar-refractivity contribution in [2.45, 2.75) is 26.2 Å². The second-order valence-electron chi connectivity index (χ2n) is 5.93. The van der Waals surface area contributed by atoms with Gasteiger partial charge < -0.3 is 10.6 Å². The largest absolute Gasteiger partial charge is 0.336 e. The second kappa shape index (κ2) is 5.76. The van der Waals surface area contributed by atoms with Crippen molar-refractivity contribution in [2.75, 3.05) is 23.3 Å². The van der Waals surface area contributed by atoms with E-state index in [0.717, 1.165) is 30.6 Å². The number of urea groups is 1. The third kappa shape index (κ3) is 2.86. The van der Waals surface area contributed by atoms with Crippen LogP contribution in [0.3, 0.4) is 0 Å². The average Bonchev–Trinajstić information content (AvgIpc) is 3.08. The normalized spacial score (nSPS) is 25.0. The highest BCUT2D eigenvalue weighted by molar-refractivity contribution is 5.95. The number of carbonyl (C=O) groups excluding carboxylic acids is 2. The van der Waals surface area contributed by atoms with Gasteiger partial charge in [-0.2, -0.15) is 0 Å². The molecule has 1 aromatic rings. The van der Waals surface area contributed by atoms with Crippen molar-refractivity contribution in [1.29, 1.82) is 0 Å². The quantitative estimate of drug-likeness (QED) is 0.897. The number of amides is 3. The molecule has 1 aliphatic heterocycles. The van der Waals surface area contributed by atoms with E-state index in [2.05, 4.69) is 17.6 Å². The Labute approximate surface area is 124 Å². The molecule has 0 aromatic heterocycles. The summed E-state index contributed by atoms with van der Waals surface area (Å²) in [6, 6.07) is 7.40. The molecule has 3 rings (SSSR count). The molecule has 1 heterocycles. The van der Waals surface area contributed by atoms with Crippen LogP contribution >= 0.6 is 0 Å². The van der Waals surface area contributed by atoms with E-state index in [1.807, 2.05) is 24.3 Å². The molecule has 1 aliphatic carbocycles. The summed E-state index contributed by atoms with van der Waals surface area (Å²) < 4.78 is 0.